The zero-order valence-corrected chi connectivity index (χ0v) is 11.8. The maximum absolute atomic E-state index is 13.1. The van der Waals surface area contributed by atoms with Crippen molar-refractivity contribution in [3.63, 3.8) is 0 Å². The molecule has 1 heterocycles. The molecule has 8 heteroatoms. The highest BCUT2D eigenvalue weighted by Gasteiger charge is 2.26. The number of halogens is 2. The molecule has 0 aliphatic carbocycles. The van der Waals surface area contributed by atoms with Crippen molar-refractivity contribution in [1.29, 1.82) is 0 Å². The first-order valence-corrected chi connectivity index (χ1v) is 7.64. The maximum atomic E-state index is 13.1. The van der Waals surface area contributed by atoms with Crippen LogP contribution in [0.15, 0.2) is 18.2 Å². The minimum Gasteiger partial charge on any atom is -0.379 e. The molecule has 0 unspecified atom stereocenters. The standard InChI is InChI=1S/C12H16F2N2O3S/c1-9(10-2-3-11(13)12(14)8-10)15-20(17,18)16-4-6-19-7-5-16/h2-3,8-9,15H,4-7H2,1H3/t9-/m1/s1. The number of nitrogens with zero attached hydrogens (tertiary/aromatic N) is 1. The first kappa shape index (κ1) is 15.3. The molecule has 20 heavy (non-hydrogen) atoms. The molecule has 1 aliphatic rings. The van der Waals surface area contributed by atoms with Crippen molar-refractivity contribution in [3.8, 4) is 0 Å². The smallest absolute Gasteiger partial charge is 0.280 e. The lowest BCUT2D eigenvalue weighted by atomic mass is 10.1. The molecule has 0 amide bonds. The van der Waals surface area contributed by atoms with E-state index in [9.17, 15) is 17.2 Å². The van der Waals surface area contributed by atoms with Crippen molar-refractivity contribution in [2.75, 3.05) is 26.3 Å². The molecule has 0 saturated carbocycles. The SMILES string of the molecule is C[C@@H](NS(=O)(=O)N1CCOCC1)c1ccc(F)c(F)c1. The zero-order valence-electron chi connectivity index (χ0n) is 11.0. The molecule has 1 N–H and O–H groups in total. The quantitative estimate of drug-likeness (QED) is 0.909. The number of ether oxygens (including phenoxy) is 1. The van der Waals surface area contributed by atoms with Crippen LogP contribution in [0.2, 0.25) is 0 Å². The molecule has 1 atom stereocenters. The Balaban J connectivity index is 2.09. The summed E-state index contributed by atoms with van der Waals surface area (Å²) in [6, 6.07) is 2.66. The maximum Gasteiger partial charge on any atom is 0.280 e. The van der Waals surface area contributed by atoms with Gasteiger partial charge in [0.1, 0.15) is 0 Å². The number of benzene rings is 1. The van der Waals surface area contributed by atoms with Gasteiger partial charge in [-0.05, 0) is 24.6 Å². The van der Waals surface area contributed by atoms with Crippen LogP contribution in [-0.2, 0) is 14.9 Å². The van der Waals surface area contributed by atoms with Crippen LogP contribution in [0.1, 0.15) is 18.5 Å². The van der Waals surface area contributed by atoms with Crippen LogP contribution in [0.25, 0.3) is 0 Å². The van der Waals surface area contributed by atoms with Gasteiger partial charge < -0.3 is 4.74 Å². The van der Waals surface area contributed by atoms with Crippen LogP contribution in [0, 0.1) is 11.6 Å². The Morgan fingerprint density at radius 1 is 1.25 bits per heavy atom. The Hall–Kier alpha value is -1.09. The van der Waals surface area contributed by atoms with Crippen LogP contribution < -0.4 is 4.72 Å². The topological polar surface area (TPSA) is 58.6 Å². The van der Waals surface area contributed by atoms with E-state index in [-0.39, 0.29) is 13.1 Å². The fraction of sp³-hybridized carbons (Fsp3) is 0.500. The Morgan fingerprint density at radius 2 is 1.90 bits per heavy atom. The van der Waals surface area contributed by atoms with E-state index >= 15 is 0 Å². The van der Waals surface area contributed by atoms with Crippen LogP contribution in [0.4, 0.5) is 8.78 Å². The summed E-state index contributed by atoms with van der Waals surface area (Å²) in [6.07, 6.45) is 0. The molecule has 1 fully saturated rings. The van der Waals surface area contributed by atoms with Gasteiger partial charge in [0.25, 0.3) is 10.2 Å². The number of morpholine rings is 1. The first-order valence-electron chi connectivity index (χ1n) is 6.20. The van der Waals surface area contributed by atoms with Crippen molar-refractivity contribution < 1.29 is 21.9 Å². The Labute approximate surface area is 116 Å². The third-order valence-electron chi connectivity index (χ3n) is 3.08. The van der Waals surface area contributed by atoms with E-state index in [1.54, 1.807) is 6.92 Å². The van der Waals surface area contributed by atoms with Crippen molar-refractivity contribution in [2.24, 2.45) is 0 Å². The van der Waals surface area contributed by atoms with E-state index in [4.69, 9.17) is 4.74 Å². The van der Waals surface area contributed by atoms with Crippen molar-refractivity contribution >= 4 is 10.2 Å². The van der Waals surface area contributed by atoms with Gasteiger partial charge in [-0.3, -0.25) is 0 Å². The van der Waals surface area contributed by atoms with Gasteiger partial charge in [0, 0.05) is 19.1 Å². The van der Waals surface area contributed by atoms with Crippen LogP contribution in [0.3, 0.4) is 0 Å². The normalized spacial score (nSPS) is 18.9. The highest BCUT2D eigenvalue weighted by molar-refractivity contribution is 7.87. The fourth-order valence-electron chi connectivity index (χ4n) is 1.93. The predicted molar refractivity (Wildman–Crippen MR) is 69.2 cm³/mol. The second kappa shape index (κ2) is 6.13. The molecule has 1 aliphatic heterocycles. The summed E-state index contributed by atoms with van der Waals surface area (Å²) in [5, 5.41) is 0. The summed E-state index contributed by atoms with van der Waals surface area (Å²) in [7, 11) is -3.67. The molecule has 1 aromatic rings. The van der Waals surface area contributed by atoms with Crippen LogP contribution >= 0.6 is 0 Å². The Morgan fingerprint density at radius 3 is 2.50 bits per heavy atom. The number of hydrogen-bond acceptors (Lipinski definition) is 3. The lowest BCUT2D eigenvalue weighted by Gasteiger charge is -2.27. The van der Waals surface area contributed by atoms with E-state index in [1.165, 1.54) is 10.4 Å². The summed E-state index contributed by atoms with van der Waals surface area (Å²) < 4.78 is 59.0. The van der Waals surface area contributed by atoms with Crippen LogP contribution in [-0.4, -0.2) is 39.0 Å². The molecule has 0 spiro atoms. The molecule has 0 aromatic heterocycles. The fourth-order valence-corrected chi connectivity index (χ4v) is 3.30. The number of nitrogens with one attached hydrogen (secondary N) is 1. The van der Waals surface area contributed by atoms with E-state index in [1.807, 2.05) is 0 Å². The van der Waals surface area contributed by atoms with Gasteiger partial charge in [0.05, 0.1) is 13.2 Å². The van der Waals surface area contributed by atoms with Gasteiger partial charge >= 0.3 is 0 Å². The molecule has 1 saturated heterocycles. The van der Waals surface area contributed by atoms with Crippen molar-refractivity contribution in [1.82, 2.24) is 9.03 Å². The van der Waals surface area contributed by atoms with E-state index in [2.05, 4.69) is 4.72 Å². The highest BCUT2D eigenvalue weighted by atomic mass is 32.2. The van der Waals surface area contributed by atoms with Gasteiger partial charge in [-0.25, -0.2) is 8.78 Å². The predicted octanol–water partition coefficient (Wildman–Crippen LogP) is 1.19. The molecule has 2 rings (SSSR count). The Bertz CT molecular complexity index is 574. The largest absolute Gasteiger partial charge is 0.379 e. The van der Waals surface area contributed by atoms with Crippen molar-refractivity contribution in [2.45, 2.75) is 13.0 Å². The summed E-state index contributed by atoms with van der Waals surface area (Å²) in [4.78, 5) is 0. The van der Waals surface area contributed by atoms with Gasteiger partial charge in [-0.2, -0.15) is 17.4 Å². The molecular formula is C12H16F2N2O3S. The number of hydrogen-bond donors (Lipinski definition) is 1. The van der Waals surface area contributed by atoms with E-state index < -0.39 is 27.9 Å². The molecule has 112 valence electrons. The lowest BCUT2D eigenvalue weighted by Crippen LogP contribution is -2.47. The minimum absolute atomic E-state index is 0.278. The molecule has 0 bridgehead atoms. The summed E-state index contributed by atoms with van der Waals surface area (Å²) >= 11 is 0. The highest BCUT2D eigenvalue weighted by Crippen LogP contribution is 2.17. The molecular weight excluding hydrogens is 290 g/mol. The summed E-state index contributed by atoms with van der Waals surface area (Å²) in [6.45, 7) is 2.82. The van der Waals surface area contributed by atoms with Gasteiger partial charge in [0.15, 0.2) is 11.6 Å². The average Bonchev–Trinajstić information content (AvgIpc) is 2.42. The third kappa shape index (κ3) is 3.51. The van der Waals surface area contributed by atoms with Gasteiger partial charge in [-0.1, -0.05) is 6.07 Å². The zero-order chi connectivity index (χ0) is 14.8. The summed E-state index contributed by atoms with van der Waals surface area (Å²) in [5.74, 6) is -1.96. The summed E-state index contributed by atoms with van der Waals surface area (Å²) in [5.41, 5.74) is 0.362. The first-order chi connectivity index (χ1) is 9.40. The number of rotatable bonds is 4. The van der Waals surface area contributed by atoms with Crippen LogP contribution in [0.5, 0.6) is 0 Å². The molecule has 0 radical (unpaired) electrons. The van der Waals surface area contributed by atoms with E-state index in [0.29, 0.717) is 18.8 Å². The monoisotopic (exact) mass is 306 g/mol. The second-order valence-electron chi connectivity index (χ2n) is 4.53. The molecule has 5 nitrogen and oxygen atoms in total. The second-order valence-corrected chi connectivity index (χ2v) is 6.23. The van der Waals surface area contributed by atoms with Gasteiger partial charge in [-0.15, -0.1) is 0 Å². The minimum atomic E-state index is -3.67. The lowest BCUT2D eigenvalue weighted by molar-refractivity contribution is 0.0723. The van der Waals surface area contributed by atoms with Gasteiger partial charge in [0.2, 0.25) is 0 Å². The Kier molecular flexibility index (Phi) is 4.69. The van der Waals surface area contributed by atoms with E-state index in [0.717, 1.165) is 12.1 Å². The third-order valence-corrected chi connectivity index (χ3v) is 4.78. The average molecular weight is 306 g/mol. The van der Waals surface area contributed by atoms with Crippen molar-refractivity contribution in [3.05, 3.63) is 35.4 Å². The molecule has 1 aromatic carbocycles.